The van der Waals surface area contributed by atoms with Gasteiger partial charge in [-0.1, -0.05) is 54.1 Å². The van der Waals surface area contributed by atoms with Crippen molar-refractivity contribution in [3.8, 4) is 17.2 Å². The molecule has 0 aliphatic heterocycles. The number of aromatic nitrogens is 2. The Hall–Kier alpha value is -3.20. The minimum atomic E-state index is -0.213. The molecular formula is C22H14ClN3OS. The van der Waals surface area contributed by atoms with E-state index in [4.69, 9.17) is 16.9 Å². The monoisotopic (exact) mass is 403 g/mol. The van der Waals surface area contributed by atoms with Crippen LogP contribution in [0.2, 0.25) is 0 Å². The maximum absolute atomic E-state index is 12.8. The number of nitriles is 1. The highest BCUT2D eigenvalue weighted by atomic mass is 35.5. The van der Waals surface area contributed by atoms with Gasteiger partial charge in [0.2, 0.25) is 0 Å². The van der Waals surface area contributed by atoms with Crippen LogP contribution in [0.15, 0.2) is 59.4 Å². The van der Waals surface area contributed by atoms with Crippen LogP contribution in [-0.4, -0.2) is 9.97 Å². The minimum absolute atomic E-state index is 0.213. The number of aromatic amines is 1. The number of thiophene rings is 1. The van der Waals surface area contributed by atoms with Crippen LogP contribution in [0.25, 0.3) is 32.5 Å². The lowest BCUT2D eigenvalue weighted by atomic mass is 10.0. The second-order valence-corrected chi connectivity index (χ2v) is 7.83. The predicted octanol–water partition coefficient (Wildman–Crippen LogP) is 5.57. The van der Waals surface area contributed by atoms with Crippen molar-refractivity contribution in [1.82, 2.24) is 9.97 Å². The van der Waals surface area contributed by atoms with E-state index in [1.165, 1.54) is 11.3 Å². The predicted molar refractivity (Wildman–Crippen MR) is 115 cm³/mol. The molecule has 4 rings (SSSR count). The Bertz CT molecular complexity index is 1300. The van der Waals surface area contributed by atoms with Crippen LogP contribution in [0, 0.1) is 18.3 Å². The van der Waals surface area contributed by atoms with Crippen molar-refractivity contribution in [2.75, 3.05) is 0 Å². The van der Waals surface area contributed by atoms with Gasteiger partial charge < -0.3 is 4.98 Å². The van der Waals surface area contributed by atoms with Gasteiger partial charge in [0, 0.05) is 10.4 Å². The number of hydrogen-bond acceptors (Lipinski definition) is 4. The van der Waals surface area contributed by atoms with Crippen molar-refractivity contribution in [2.45, 2.75) is 6.92 Å². The molecule has 0 aliphatic rings. The number of H-pyrrole nitrogens is 1. The molecule has 0 saturated carbocycles. The van der Waals surface area contributed by atoms with Crippen LogP contribution < -0.4 is 5.56 Å². The third kappa shape index (κ3) is 3.36. The van der Waals surface area contributed by atoms with Crippen molar-refractivity contribution in [3.63, 3.8) is 0 Å². The van der Waals surface area contributed by atoms with E-state index in [2.05, 4.69) is 16.0 Å². The maximum Gasteiger partial charge on any atom is 0.260 e. The maximum atomic E-state index is 12.8. The van der Waals surface area contributed by atoms with Gasteiger partial charge in [0.05, 0.1) is 22.1 Å². The summed E-state index contributed by atoms with van der Waals surface area (Å²) in [4.78, 5) is 21.9. The number of fused-ring (bicyclic) bond motifs is 1. The summed E-state index contributed by atoms with van der Waals surface area (Å²) < 4.78 is 0. The molecule has 0 bridgehead atoms. The number of benzene rings is 2. The summed E-state index contributed by atoms with van der Waals surface area (Å²) in [6.07, 6.45) is 1.71. The van der Waals surface area contributed by atoms with Gasteiger partial charge in [-0.05, 0) is 36.3 Å². The van der Waals surface area contributed by atoms with Crippen LogP contribution in [0.4, 0.5) is 0 Å². The van der Waals surface area contributed by atoms with Gasteiger partial charge in [-0.25, -0.2) is 4.98 Å². The SMILES string of the molecule is Cc1sc2nc(/C(Cl)=C/c3ccc(C#N)cc3)[nH]c(=O)c2c1-c1ccccc1. The zero-order valence-electron chi connectivity index (χ0n) is 14.9. The van der Waals surface area contributed by atoms with E-state index in [1.54, 1.807) is 30.3 Å². The summed E-state index contributed by atoms with van der Waals surface area (Å²) in [7, 11) is 0. The third-order valence-corrected chi connectivity index (χ3v) is 5.65. The lowest BCUT2D eigenvalue weighted by Gasteiger charge is -2.03. The molecule has 2 aromatic carbocycles. The Kier molecular flexibility index (Phi) is 4.82. The number of nitrogens with zero attached hydrogens (tertiary/aromatic N) is 2. The van der Waals surface area contributed by atoms with Gasteiger partial charge in [0.1, 0.15) is 4.83 Å². The van der Waals surface area contributed by atoms with Gasteiger partial charge in [-0.15, -0.1) is 11.3 Å². The fourth-order valence-corrected chi connectivity index (χ4v) is 4.31. The topological polar surface area (TPSA) is 69.5 Å². The lowest BCUT2D eigenvalue weighted by molar-refractivity contribution is 1.14. The van der Waals surface area contributed by atoms with Crippen LogP contribution in [0.3, 0.4) is 0 Å². The zero-order chi connectivity index (χ0) is 19.7. The normalized spacial score (nSPS) is 11.5. The largest absolute Gasteiger partial charge is 0.305 e. The van der Waals surface area contributed by atoms with Gasteiger partial charge in [-0.2, -0.15) is 5.26 Å². The Morgan fingerprint density at radius 1 is 1.18 bits per heavy atom. The molecule has 1 N–H and O–H groups in total. The number of aryl methyl sites for hydroxylation is 1. The van der Waals surface area contributed by atoms with E-state index in [1.807, 2.05) is 37.3 Å². The molecule has 0 atom stereocenters. The molecule has 0 aliphatic carbocycles. The van der Waals surface area contributed by atoms with Crippen LogP contribution in [-0.2, 0) is 0 Å². The molecular weight excluding hydrogens is 390 g/mol. The van der Waals surface area contributed by atoms with Crippen molar-refractivity contribution in [1.29, 1.82) is 5.26 Å². The highest BCUT2D eigenvalue weighted by molar-refractivity contribution is 7.19. The molecule has 0 radical (unpaired) electrons. The number of nitrogens with one attached hydrogen (secondary N) is 1. The van der Waals surface area contributed by atoms with Crippen LogP contribution >= 0.6 is 22.9 Å². The molecule has 4 nitrogen and oxygen atoms in total. The molecule has 0 spiro atoms. The van der Waals surface area contributed by atoms with Gasteiger partial charge in [0.15, 0.2) is 5.82 Å². The van der Waals surface area contributed by atoms with E-state index in [0.29, 0.717) is 26.6 Å². The molecule has 2 aromatic heterocycles. The van der Waals surface area contributed by atoms with Crippen molar-refractivity contribution in [2.24, 2.45) is 0 Å². The minimum Gasteiger partial charge on any atom is -0.305 e. The highest BCUT2D eigenvalue weighted by Gasteiger charge is 2.17. The second kappa shape index (κ2) is 7.43. The molecule has 0 unspecified atom stereocenters. The standard InChI is InChI=1S/C22H14ClN3OS/c1-13-18(16-5-3-2-4-6-16)19-21(27)25-20(26-22(19)28-13)17(23)11-14-7-9-15(12-24)10-8-14/h2-11H,1H3,(H,25,26,27)/b17-11-. The second-order valence-electron chi connectivity index (χ2n) is 6.22. The van der Waals surface area contributed by atoms with Gasteiger partial charge in [0.25, 0.3) is 5.56 Å². The molecule has 4 aromatic rings. The Balaban J connectivity index is 1.81. The van der Waals surface area contributed by atoms with Crippen LogP contribution in [0.1, 0.15) is 21.8 Å². The summed E-state index contributed by atoms with van der Waals surface area (Å²) in [6.45, 7) is 1.99. The molecule has 28 heavy (non-hydrogen) atoms. The highest BCUT2D eigenvalue weighted by Crippen LogP contribution is 2.35. The summed E-state index contributed by atoms with van der Waals surface area (Å²) in [5, 5.41) is 9.80. The molecule has 2 heterocycles. The smallest absolute Gasteiger partial charge is 0.260 e. The number of halogens is 1. The van der Waals surface area contributed by atoms with Crippen LogP contribution in [0.5, 0.6) is 0 Å². The van der Waals surface area contributed by atoms with E-state index in [-0.39, 0.29) is 5.56 Å². The first-order chi connectivity index (χ1) is 13.6. The molecule has 6 heteroatoms. The summed E-state index contributed by atoms with van der Waals surface area (Å²) >= 11 is 7.90. The van der Waals surface area contributed by atoms with E-state index in [9.17, 15) is 4.79 Å². The van der Waals surface area contributed by atoms with E-state index < -0.39 is 0 Å². The van der Waals surface area contributed by atoms with E-state index in [0.717, 1.165) is 21.6 Å². The first-order valence-corrected chi connectivity index (χ1v) is 9.73. The first-order valence-electron chi connectivity index (χ1n) is 8.53. The molecule has 136 valence electrons. The number of hydrogen-bond donors (Lipinski definition) is 1. The van der Waals surface area contributed by atoms with E-state index >= 15 is 0 Å². The molecule has 0 saturated heterocycles. The molecule has 0 amide bonds. The summed E-state index contributed by atoms with van der Waals surface area (Å²) in [5.74, 6) is 0.324. The average Bonchev–Trinajstić information content (AvgIpc) is 3.05. The quantitative estimate of drug-likeness (QED) is 0.486. The third-order valence-electron chi connectivity index (χ3n) is 4.36. The Morgan fingerprint density at radius 3 is 2.57 bits per heavy atom. The fraction of sp³-hybridized carbons (Fsp3) is 0.0455. The first kappa shape index (κ1) is 18.2. The van der Waals surface area contributed by atoms with Crippen molar-refractivity contribution >= 4 is 44.3 Å². The Labute approximate surface area is 170 Å². The molecule has 0 fully saturated rings. The summed E-state index contributed by atoms with van der Waals surface area (Å²) in [5.41, 5.74) is 3.08. The zero-order valence-corrected chi connectivity index (χ0v) is 16.4. The summed E-state index contributed by atoms with van der Waals surface area (Å²) in [6, 6.07) is 18.9. The van der Waals surface area contributed by atoms with Crippen molar-refractivity contribution in [3.05, 3.63) is 86.8 Å². The average molecular weight is 404 g/mol. The van der Waals surface area contributed by atoms with Crippen molar-refractivity contribution < 1.29 is 0 Å². The Morgan fingerprint density at radius 2 is 1.89 bits per heavy atom. The van der Waals surface area contributed by atoms with Gasteiger partial charge in [-0.3, -0.25) is 4.79 Å². The number of rotatable bonds is 3. The fourth-order valence-electron chi connectivity index (χ4n) is 3.05. The van der Waals surface area contributed by atoms with Gasteiger partial charge >= 0.3 is 0 Å². The lowest BCUT2D eigenvalue weighted by Crippen LogP contribution is -2.10.